The summed E-state index contributed by atoms with van der Waals surface area (Å²) in [4.78, 5) is 1.93. The smallest absolute Gasteiger partial charge is 0.125 e. The summed E-state index contributed by atoms with van der Waals surface area (Å²) in [5, 5.41) is 10.2. The molecule has 1 N–H and O–H groups in total. The molecule has 20 heavy (non-hydrogen) atoms. The first kappa shape index (κ1) is 15.0. The maximum absolute atomic E-state index is 13.2. The number of anilines is 1. The number of aliphatic hydroxyl groups is 1. The molecular weight excluding hydrogens is 321 g/mol. The van der Waals surface area contributed by atoms with Gasteiger partial charge in [0, 0.05) is 23.8 Å². The van der Waals surface area contributed by atoms with Gasteiger partial charge in [0.2, 0.25) is 0 Å². The average molecular weight is 338 g/mol. The van der Waals surface area contributed by atoms with Gasteiger partial charge < -0.3 is 10.0 Å². The molecule has 106 valence electrons. The topological polar surface area (TPSA) is 23.5 Å². The first-order valence-electron chi connectivity index (χ1n) is 6.47. The molecule has 0 aromatic heterocycles. The lowest BCUT2D eigenvalue weighted by atomic mass is 10.1. The second-order valence-electron chi connectivity index (χ2n) is 4.73. The molecule has 2 aromatic rings. The Balaban J connectivity index is 1.97. The molecular formula is C16H17BrFNO. The lowest BCUT2D eigenvalue weighted by Crippen LogP contribution is -2.20. The summed E-state index contributed by atoms with van der Waals surface area (Å²) < 4.78 is 14.1. The third-order valence-electron chi connectivity index (χ3n) is 3.25. The second kappa shape index (κ2) is 6.86. The van der Waals surface area contributed by atoms with E-state index in [0.29, 0.717) is 13.0 Å². The zero-order valence-corrected chi connectivity index (χ0v) is 12.8. The molecule has 0 aliphatic carbocycles. The zero-order valence-electron chi connectivity index (χ0n) is 11.3. The van der Waals surface area contributed by atoms with Crippen molar-refractivity contribution in [1.82, 2.24) is 0 Å². The fraction of sp³-hybridized carbons (Fsp3) is 0.250. The molecule has 0 bridgehead atoms. The van der Waals surface area contributed by atoms with Crippen molar-refractivity contribution in [3.63, 3.8) is 0 Å². The maximum atomic E-state index is 13.2. The number of hydrogen-bond acceptors (Lipinski definition) is 2. The lowest BCUT2D eigenvalue weighted by Gasteiger charge is -2.21. The number of nitrogens with zero attached hydrogens (tertiary/aromatic N) is 1. The van der Waals surface area contributed by atoms with Crippen LogP contribution in [0.5, 0.6) is 0 Å². The van der Waals surface area contributed by atoms with Crippen molar-refractivity contribution in [1.29, 1.82) is 0 Å². The van der Waals surface area contributed by atoms with Crippen LogP contribution in [0.15, 0.2) is 53.0 Å². The first-order valence-corrected chi connectivity index (χ1v) is 7.26. The van der Waals surface area contributed by atoms with E-state index >= 15 is 0 Å². The summed E-state index contributed by atoms with van der Waals surface area (Å²) in [5.41, 5.74) is 1.68. The van der Waals surface area contributed by atoms with Crippen molar-refractivity contribution in [3.05, 3.63) is 64.4 Å². The van der Waals surface area contributed by atoms with Crippen LogP contribution in [0.25, 0.3) is 0 Å². The second-order valence-corrected chi connectivity index (χ2v) is 5.58. The predicted octanol–water partition coefficient (Wildman–Crippen LogP) is 4.15. The summed E-state index contributed by atoms with van der Waals surface area (Å²) in [6, 6.07) is 14.1. The third kappa shape index (κ3) is 3.81. The Morgan fingerprint density at radius 3 is 2.65 bits per heavy atom. The Kier molecular flexibility index (Phi) is 5.15. The van der Waals surface area contributed by atoms with Gasteiger partial charge >= 0.3 is 0 Å². The van der Waals surface area contributed by atoms with Gasteiger partial charge in [-0.25, -0.2) is 4.39 Å². The number of benzene rings is 2. The molecule has 0 spiro atoms. The van der Waals surface area contributed by atoms with Crippen LogP contribution in [-0.4, -0.2) is 18.7 Å². The highest BCUT2D eigenvalue weighted by molar-refractivity contribution is 9.10. The number of aliphatic hydroxyl groups excluding tert-OH is 1. The summed E-state index contributed by atoms with van der Waals surface area (Å²) in [7, 11) is 1.89. The largest absolute Gasteiger partial charge is 0.388 e. The predicted molar refractivity (Wildman–Crippen MR) is 83.4 cm³/mol. The fourth-order valence-electron chi connectivity index (χ4n) is 2.06. The molecule has 2 rings (SSSR count). The zero-order chi connectivity index (χ0) is 14.5. The van der Waals surface area contributed by atoms with E-state index in [-0.39, 0.29) is 5.82 Å². The van der Waals surface area contributed by atoms with E-state index in [2.05, 4.69) is 15.9 Å². The molecule has 4 heteroatoms. The summed E-state index contributed by atoms with van der Waals surface area (Å²) in [6.07, 6.45) is 0.0388. The van der Waals surface area contributed by atoms with E-state index in [1.165, 1.54) is 12.1 Å². The van der Waals surface area contributed by atoms with Crippen LogP contribution in [-0.2, 0) is 0 Å². The minimum absolute atomic E-state index is 0.249. The van der Waals surface area contributed by atoms with Crippen LogP contribution >= 0.6 is 15.9 Å². The van der Waals surface area contributed by atoms with Crippen LogP contribution in [0, 0.1) is 5.82 Å². The van der Waals surface area contributed by atoms with E-state index in [9.17, 15) is 9.50 Å². The van der Waals surface area contributed by atoms with Gasteiger partial charge in [0.25, 0.3) is 0 Å². The van der Waals surface area contributed by atoms with Gasteiger partial charge in [-0.05, 0) is 36.2 Å². The molecule has 2 aromatic carbocycles. The maximum Gasteiger partial charge on any atom is 0.125 e. The van der Waals surface area contributed by atoms with E-state index < -0.39 is 6.10 Å². The third-order valence-corrected chi connectivity index (χ3v) is 3.97. The molecule has 0 heterocycles. The van der Waals surface area contributed by atoms with Gasteiger partial charge in [-0.2, -0.15) is 0 Å². The van der Waals surface area contributed by atoms with Crippen molar-refractivity contribution in [3.8, 4) is 0 Å². The molecule has 2 nitrogen and oxygen atoms in total. The highest BCUT2D eigenvalue weighted by Gasteiger charge is 2.12. The molecule has 1 unspecified atom stereocenters. The Bertz CT molecular complexity index is 576. The van der Waals surface area contributed by atoms with Crippen LogP contribution in [0.3, 0.4) is 0 Å². The van der Waals surface area contributed by atoms with Crippen molar-refractivity contribution < 1.29 is 9.50 Å². The van der Waals surface area contributed by atoms with Crippen LogP contribution in [0.1, 0.15) is 18.1 Å². The van der Waals surface area contributed by atoms with Gasteiger partial charge in [-0.1, -0.05) is 40.2 Å². The van der Waals surface area contributed by atoms with Gasteiger partial charge in [-0.15, -0.1) is 0 Å². The standard InChI is InChI=1S/C16H17BrFNO/c1-19(13-6-4-5-12(18)11-13)10-9-16(20)14-7-2-3-8-15(14)17/h2-8,11,16,20H,9-10H2,1H3. The fourth-order valence-corrected chi connectivity index (χ4v) is 2.61. The summed E-state index contributed by atoms with van der Waals surface area (Å²) in [6.45, 7) is 0.645. The van der Waals surface area contributed by atoms with Gasteiger partial charge in [0.15, 0.2) is 0 Å². The molecule has 0 saturated carbocycles. The van der Waals surface area contributed by atoms with E-state index in [1.54, 1.807) is 6.07 Å². The van der Waals surface area contributed by atoms with E-state index in [4.69, 9.17) is 0 Å². The molecule has 0 aliphatic heterocycles. The number of halogens is 2. The van der Waals surface area contributed by atoms with Crippen LogP contribution in [0.2, 0.25) is 0 Å². The van der Waals surface area contributed by atoms with Crippen molar-refractivity contribution in [2.45, 2.75) is 12.5 Å². The Hall–Kier alpha value is -1.39. The summed E-state index contributed by atoms with van der Waals surface area (Å²) >= 11 is 3.44. The van der Waals surface area contributed by atoms with E-state index in [0.717, 1.165) is 15.7 Å². The number of hydrogen-bond donors (Lipinski definition) is 1. The monoisotopic (exact) mass is 337 g/mol. The highest BCUT2D eigenvalue weighted by Crippen LogP contribution is 2.26. The average Bonchev–Trinajstić information content (AvgIpc) is 2.45. The molecule has 1 atom stereocenters. The molecule has 0 saturated heterocycles. The van der Waals surface area contributed by atoms with Gasteiger partial charge in [0.1, 0.15) is 5.82 Å². The van der Waals surface area contributed by atoms with E-state index in [1.807, 2.05) is 42.3 Å². The first-order chi connectivity index (χ1) is 9.58. The molecule has 0 aliphatic rings. The van der Waals surface area contributed by atoms with Crippen molar-refractivity contribution in [2.75, 3.05) is 18.5 Å². The minimum Gasteiger partial charge on any atom is -0.388 e. The number of rotatable bonds is 5. The Labute approximate surface area is 127 Å². The van der Waals surface area contributed by atoms with Gasteiger partial charge in [-0.3, -0.25) is 0 Å². The molecule has 0 radical (unpaired) electrons. The SMILES string of the molecule is CN(CCC(O)c1ccccc1Br)c1cccc(F)c1. The normalized spacial score (nSPS) is 12.2. The molecule has 0 amide bonds. The minimum atomic E-state index is -0.540. The van der Waals surface area contributed by atoms with Crippen molar-refractivity contribution >= 4 is 21.6 Å². The van der Waals surface area contributed by atoms with Gasteiger partial charge in [0.05, 0.1) is 6.10 Å². The lowest BCUT2D eigenvalue weighted by molar-refractivity contribution is 0.169. The highest BCUT2D eigenvalue weighted by atomic mass is 79.9. The van der Waals surface area contributed by atoms with Crippen molar-refractivity contribution in [2.24, 2.45) is 0 Å². The Morgan fingerprint density at radius 1 is 1.20 bits per heavy atom. The quantitative estimate of drug-likeness (QED) is 0.885. The van der Waals surface area contributed by atoms with Crippen LogP contribution in [0.4, 0.5) is 10.1 Å². The summed E-state index contributed by atoms with van der Waals surface area (Å²) in [5.74, 6) is -0.249. The molecule has 0 fully saturated rings. The Morgan fingerprint density at radius 2 is 1.95 bits per heavy atom. The van der Waals surface area contributed by atoms with Crippen LogP contribution < -0.4 is 4.90 Å².